The molecule has 0 aliphatic carbocycles. The van der Waals surface area contributed by atoms with Crippen molar-refractivity contribution < 1.29 is 19.5 Å². The Balaban J connectivity index is 2.02. The van der Waals surface area contributed by atoms with E-state index in [9.17, 15) is 19.5 Å². The molecule has 6 nitrogen and oxygen atoms in total. The average Bonchev–Trinajstić information content (AvgIpc) is 2.58. The molecule has 0 aromatic heterocycles. The third-order valence-corrected chi connectivity index (χ3v) is 4.38. The molecule has 1 aromatic rings. The monoisotopic (exact) mass is 346 g/mol. The number of nitrogens with one attached hydrogen (secondary N) is 1. The van der Waals surface area contributed by atoms with Gasteiger partial charge in [0.25, 0.3) is 5.91 Å². The number of carboxylic acids is 1. The largest absolute Gasteiger partial charge is 0.480 e. The Morgan fingerprint density at radius 2 is 1.80 bits per heavy atom. The molecule has 2 amide bonds. The minimum Gasteiger partial charge on any atom is -0.480 e. The van der Waals surface area contributed by atoms with Gasteiger partial charge in [-0.1, -0.05) is 32.9 Å². The normalized spacial score (nSPS) is 17.9. The van der Waals surface area contributed by atoms with Gasteiger partial charge in [-0.2, -0.15) is 0 Å². The van der Waals surface area contributed by atoms with Crippen LogP contribution in [0.5, 0.6) is 0 Å². The second kappa shape index (κ2) is 7.68. The summed E-state index contributed by atoms with van der Waals surface area (Å²) in [5.41, 5.74) is 0.914. The third kappa shape index (κ3) is 4.81. The summed E-state index contributed by atoms with van der Waals surface area (Å²) in [7, 11) is 0. The highest BCUT2D eigenvalue weighted by Crippen LogP contribution is 2.20. The molecule has 1 aliphatic heterocycles. The van der Waals surface area contributed by atoms with Crippen molar-refractivity contribution >= 4 is 17.8 Å². The van der Waals surface area contributed by atoms with Crippen LogP contribution in [0.2, 0.25) is 0 Å². The maximum Gasteiger partial charge on any atom is 0.326 e. The summed E-state index contributed by atoms with van der Waals surface area (Å²) >= 11 is 0. The molecule has 0 unspecified atom stereocenters. The van der Waals surface area contributed by atoms with Gasteiger partial charge in [0, 0.05) is 24.1 Å². The van der Waals surface area contributed by atoms with Gasteiger partial charge in [-0.3, -0.25) is 9.59 Å². The first kappa shape index (κ1) is 19.0. The van der Waals surface area contributed by atoms with Gasteiger partial charge in [-0.25, -0.2) is 4.79 Å². The number of nitrogens with zero attached hydrogens (tertiary/aromatic N) is 1. The van der Waals surface area contributed by atoms with Crippen molar-refractivity contribution in [3.8, 4) is 0 Å². The van der Waals surface area contributed by atoms with Crippen molar-refractivity contribution in [1.29, 1.82) is 0 Å². The molecule has 136 valence electrons. The van der Waals surface area contributed by atoms with Crippen molar-refractivity contribution in [3.63, 3.8) is 0 Å². The van der Waals surface area contributed by atoms with Crippen LogP contribution in [-0.4, -0.2) is 40.4 Å². The number of hydrogen-bond acceptors (Lipinski definition) is 3. The highest BCUT2D eigenvalue weighted by Gasteiger charge is 2.32. The predicted molar refractivity (Wildman–Crippen MR) is 94.1 cm³/mol. The van der Waals surface area contributed by atoms with Gasteiger partial charge in [0.1, 0.15) is 6.04 Å². The summed E-state index contributed by atoms with van der Waals surface area (Å²) in [6, 6.07) is 6.21. The fraction of sp³-hybridized carbons (Fsp3) is 0.526. The Morgan fingerprint density at radius 1 is 1.16 bits per heavy atom. The highest BCUT2D eigenvalue weighted by molar-refractivity contribution is 5.96. The van der Waals surface area contributed by atoms with E-state index >= 15 is 0 Å². The number of rotatable bonds is 4. The van der Waals surface area contributed by atoms with Crippen LogP contribution in [-0.2, 0) is 16.1 Å². The van der Waals surface area contributed by atoms with Gasteiger partial charge in [0.2, 0.25) is 5.91 Å². The SMILES string of the molecule is CC(C)(C)C(=O)NCc1ccc(C(=O)N2CCCC[C@@H]2C(=O)O)cc1. The van der Waals surface area contributed by atoms with Crippen LogP contribution in [0, 0.1) is 5.41 Å². The summed E-state index contributed by atoms with van der Waals surface area (Å²) < 4.78 is 0. The summed E-state index contributed by atoms with van der Waals surface area (Å²) in [4.78, 5) is 37.3. The van der Waals surface area contributed by atoms with Crippen molar-refractivity contribution in [2.24, 2.45) is 5.41 Å². The van der Waals surface area contributed by atoms with Gasteiger partial charge in [-0.05, 0) is 37.0 Å². The summed E-state index contributed by atoms with van der Waals surface area (Å²) in [6.45, 7) is 6.41. The van der Waals surface area contributed by atoms with E-state index in [4.69, 9.17) is 0 Å². The minimum atomic E-state index is -0.949. The van der Waals surface area contributed by atoms with Gasteiger partial charge < -0.3 is 15.3 Å². The summed E-state index contributed by atoms with van der Waals surface area (Å²) in [6.07, 6.45) is 2.15. The van der Waals surface area contributed by atoms with E-state index in [1.807, 2.05) is 20.8 Å². The number of likely N-dealkylation sites (tertiary alicyclic amines) is 1. The van der Waals surface area contributed by atoms with Crippen LogP contribution in [0.15, 0.2) is 24.3 Å². The van der Waals surface area contributed by atoms with Crippen molar-refractivity contribution in [2.45, 2.75) is 52.6 Å². The molecular weight excluding hydrogens is 320 g/mol. The van der Waals surface area contributed by atoms with Crippen molar-refractivity contribution in [1.82, 2.24) is 10.2 Å². The van der Waals surface area contributed by atoms with E-state index in [0.29, 0.717) is 25.1 Å². The second-order valence-electron chi connectivity index (χ2n) is 7.48. The van der Waals surface area contributed by atoms with Crippen LogP contribution in [0.3, 0.4) is 0 Å². The molecule has 1 atom stereocenters. The zero-order valence-corrected chi connectivity index (χ0v) is 15.0. The molecule has 1 saturated heterocycles. The molecular formula is C19H26N2O4. The van der Waals surface area contributed by atoms with Crippen LogP contribution in [0.25, 0.3) is 0 Å². The second-order valence-corrected chi connectivity index (χ2v) is 7.48. The highest BCUT2D eigenvalue weighted by atomic mass is 16.4. The Hall–Kier alpha value is -2.37. The predicted octanol–water partition coefficient (Wildman–Crippen LogP) is 2.43. The molecule has 0 bridgehead atoms. The number of carbonyl (C=O) groups excluding carboxylic acids is 2. The standard InChI is InChI=1S/C19H26N2O4/c1-19(2,3)18(25)20-12-13-7-9-14(10-8-13)16(22)21-11-5-4-6-15(21)17(23)24/h7-10,15H,4-6,11-12H2,1-3H3,(H,20,25)(H,23,24)/t15-/m1/s1. The number of amides is 2. The number of aliphatic carboxylic acids is 1. The molecule has 1 fully saturated rings. The number of hydrogen-bond donors (Lipinski definition) is 2. The first-order valence-electron chi connectivity index (χ1n) is 8.61. The van der Waals surface area contributed by atoms with Gasteiger partial charge >= 0.3 is 5.97 Å². The lowest BCUT2D eigenvalue weighted by atomic mass is 9.95. The summed E-state index contributed by atoms with van der Waals surface area (Å²) in [5.74, 6) is -1.24. The topological polar surface area (TPSA) is 86.7 Å². The van der Waals surface area contributed by atoms with Gasteiger partial charge in [-0.15, -0.1) is 0 Å². The third-order valence-electron chi connectivity index (χ3n) is 4.38. The lowest BCUT2D eigenvalue weighted by Crippen LogP contribution is -2.47. The minimum absolute atomic E-state index is 0.0368. The number of carboxylic acid groups (broad SMARTS) is 1. The molecule has 6 heteroatoms. The molecule has 2 rings (SSSR count). The lowest BCUT2D eigenvalue weighted by Gasteiger charge is -2.33. The fourth-order valence-corrected chi connectivity index (χ4v) is 2.81. The van der Waals surface area contributed by atoms with Gasteiger partial charge in [0.05, 0.1) is 0 Å². The fourth-order valence-electron chi connectivity index (χ4n) is 2.81. The van der Waals surface area contributed by atoms with Gasteiger partial charge in [0.15, 0.2) is 0 Å². The summed E-state index contributed by atoms with van der Waals surface area (Å²) in [5, 5.41) is 12.2. The number of piperidine rings is 1. The molecule has 2 N–H and O–H groups in total. The maximum atomic E-state index is 12.6. The Bertz CT molecular complexity index is 646. The zero-order valence-electron chi connectivity index (χ0n) is 15.0. The number of carbonyl (C=O) groups is 3. The van der Waals surface area contributed by atoms with E-state index in [0.717, 1.165) is 18.4 Å². The van der Waals surface area contributed by atoms with Crippen LogP contribution >= 0.6 is 0 Å². The Morgan fingerprint density at radius 3 is 2.36 bits per heavy atom. The Kier molecular flexibility index (Phi) is 5.82. The first-order chi connectivity index (χ1) is 11.7. The maximum absolute atomic E-state index is 12.6. The molecule has 1 aromatic carbocycles. The van der Waals surface area contributed by atoms with E-state index in [1.165, 1.54) is 4.90 Å². The first-order valence-corrected chi connectivity index (χ1v) is 8.61. The Labute approximate surface area is 148 Å². The van der Waals surface area contributed by atoms with E-state index in [1.54, 1.807) is 24.3 Å². The quantitative estimate of drug-likeness (QED) is 0.876. The van der Waals surface area contributed by atoms with Crippen molar-refractivity contribution in [3.05, 3.63) is 35.4 Å². The average molecular weight is 346 g/mol. The zero-order chi connectivity index (χ0) is 18.6. The van der Waals surface area contributed by atoms with Crippen LogP contribution in [0.1, 0.15) is 56.0 Å². The lowest BCUT2D eigenvalue weighted by molar-refractivity contribution is -0.143. The molecule has 25 heavy (non-hydrogen) atoms. The molecule has 1 heterocycles. The molecule has 1 aliphatic rings. The number of benzene rings is 1. The smallest absolute Gasteiger partial charge is 0.326 e. The molecule has 0 spiro atoms. The van der Waals surface area contributed by atoms with E-state index < -0.39 is 17.4 Å². The van der Waals surface area contributed by atoms with Crippen LogP contribution < -0.4 is 5.32 Å². The van der Waals surface area contributed by atoms with E-state index in [2.05, 4.69) is 5.32 Å². The van der Waals surface area contributed by atoms with Crippen LogP contribution in [0.4, 0.5) is 0 Å². The van der Waals surface area contributed by atoms with E-state index in [-0.39, 0.29) is 11.8 Å². The molecule has 0 radical (unpaired) electrons. The van der Waals surface area contributed by atoms with Crippen molar-refractivity contribution in [2.75, 3.05) is 6.54 Å². The molecule has 0 saturated carbocycles.